The molecule has 0 spiro atoms. The van der Waals surface area contributed by atoms with Gasteiger partial charge in [0.25, 0.3) is 0 Å². The monoisotopic (exact) mass is 257 g/mol. The molecule has 2 heterocycles. The van der Waals surface area contributed by atoms with Gasteiger partial charge in [-0.25, -0.2) is 0 Å². The molecule has 0 radical (unpaired) electrons. The minimum atomic E-state index is -0.467. The van der Waals surface area contributed by atoms with Gasteiger partial charge in [-0.2, -0.15) is 0 Å². The molecular formula is C11H12ClNO2S. The van der Waals surface area contributed by atoms with Crippen molar-refractivity contribution in [2.75, 3.05) is 6.54 Å². The number of rotatable bonds is 5. The predicted octanol–water partition coefficient (Wildman–Crippen LogP) is 2.82. The Bertz CT molecular complexity index is 427. The highest BCUT2D eigenvalue weighted by Crippen LogP contribution is 2.18. The normalized spacial score (nSPS) is 12.9. The number of hydrogen-bond donors (Lipinski definition) is 2. The fourth-order valence-electron chi connectivity index (χ4n) is 1.36. The number of aliphatic hydroxyl groups excluding tert-OH is 1. The molecule has 2 aromatic rings. The van der Waals surface area contributed by atoms with E-state index in [1.54, 1.807) is 17.4 Å². The highest BCUT2D eigenvalue weighted by Gasteiger charge is 2.08. The highest BCUT2D eigenvalue weighted by atomic mass is 35.5. The SMILES string of the molecule is OC(CNCc1ccc(Cl)o1)c1cccs1. The van der Waals surface area contributed by atoms with Crippen molar-refractivity contribution in [3.63, 3.8) is 0 Å². The molecule has 0 amide bonds. The van der Waals surface area contributed by atoms with E-state index < -0.39 is 6.10 Å². The minimum absolute atomic E-state index is 0.385. The van der Waals surface area contributed by atoms with Gasteiger partial charge in [0.15, 0.2) is 5.22 Å². The molecule has 0 saturated carbocycles. The minimum Gasteiger partial charge on any atom is -0.448 e. The van der Waals surface area contributed by atoms with E-state index in [0.29, 0.717) is 18.3 Å². The molecule has 16 heavy (non-hydrogen) atoms. The summed E-state index contributed by atoms with van der Waals surface area (Å²) in [7, 11) is 0. The van der Waals surface area contributed by atoms with Crippen molar-refractivity contribution in [3.05, 3.63) is 45.5 Å². The molecule has 86 valence electrons. The second-order valence-electron chi connectivity index (χ2n) is 3.37. The van der Waals surface area contributed by atoms with Gasteiger partial charge in [-0.15, -0.1) is 11.3 Å². The Morgan fingerprint density at radius 1 is 1.44 bits per heavy atom. The van der Waals surface area contributed by atoms with E-state index in [1.807, 2.05) is 23.6 Å². The van der Waals surface area contributed by atoms with Gasteiger partial charge in [-0.3, -0.25) is 0 Å². The number of furan rings is 1. The van der Waals surface area contributed by atoms with Crippen LogP contribution in [0, 0.1) is 0 Å². The van der Waals surface area contributed by atoms with E-state index in [1.165, 1.54) is 0 Å². The Balaban J connectivity index is 1.76. The van der Waals surface area contributed by atoms with Gasteiger partial charge in [0.2, 0.25) is 0 Å². The molecule has 0 saturated heterocycles. The van der Waals surface area contributed by atoms with E-state index in [4.69, 9.17) is 16.0 Å². The number of hydrogen-bond acceptors (Lipinski definition) is 4. The van der Waals surface area contributed by atoms with Crippen molar-refractivity contribution in [3.8, 4) is 0 Å². The lowest BCUT2D eigenvalue weighted by molar-refractivity contribution is 0.177. The van der Waals surface area contributed by atoms with Gasteiger partial charge in [-0.1, -0.05) is 6.07 Å². The van der Waals surface area contributed by atoms with E-state index in [2.05, 4.69) is 5.32 Å². The molecule has 2 aromatic heterocycles. The first-order valence-corrected chi connectivity index (χ1v) is 6.18. The molecule has 1 atom stereocenters. The maximum atomic E-state index is 9.78. The van der Waals surface area contributed by atoms with E-state index in [9.17, 15) is 5.11 Å². The van der Waals surface area contributed by atoms with Gasteiger partial charge in [0.1, 0.15) is 11.9 Å². The largest absolute Gasteiger partial charge is 0.448 e. The zero-order valence-electron chi connectivity index (χ0n) is 8.52. The third kappa shape index (κ3) is 3.09. The zero-order chi connectivity index (χ0) is 11.4. The molecule has 2 rings (SSSR count). The van der Waals surface area contributed by atoms with Crippen LogP contribution in [-0.4, -0.2) is 11.7 Å². The second-order valence-corrected chi connectivity index (χ2v) is 4.72. The fraction of sp³-hybridized carbons (Fsp3) is 0.273. The van der Waals surface area contributed by atoms with Crippen LogP contribution < -0.4 is 5.32 Å². The first-order valence-electron chi connectivity index (χ1n) is 4.92. The second kappa shape index (κ2) is 5.50. The van der Waals surface area contributed by atoms with E-state index in [0.717, 1.165) is 10.6 Å². The molecule has 0 aliphatic carbocycles. The maximum Gasteiger partial charge on any atom is 0.193 e. The Morgan fingerprint density at radius 3 is 2.94 bits per heavy atom. The van der Waals surface area contributed by atoms with Crippen molar-refractivity contribution in [2.24, 2.45) is 0 Å². The zero-order valence-corrected chi connectivity index (χ0v) is 10.1. The number of thiophene rings is 1. The summed E-state index contributed by atoms with van der Waals surface area (Å²) in [5.41, 5.74) is 0. The predicted molar refractivity (Wildman–Crippen MR) is 64.7 cm³/mol. The Kier molecular flexibility index (Phi) is 4.01. The van der Waals surface area contributed by atoms with Gasteiger partial charge >= 0.3 is 0 Å². The lowest BCUT2D eigenvalue weighted by atomic mass is 10.3. The summed E-state index contributed by atoms with van der Waals surface area (Å²) in [6.07, 6.45) is -0.467. The smallest absolute Gasteiger partial charge is 0.193 e. The molecule has 2 N–H and O–H groups in total. The summed E-state index contributed by atoms with van der Waals surface area (Å²) in [5.74, 6) is 0.767. The van der Waals surface area contributed by atoms with Crippen molar-refractivity contribution < 1.29 is 9.52 Å². The van der Waals surface area contributed by atoms with Crippen LogP contribution >= 0.6 is 22.9 Å². The van der Waals surface area contributed by atoms with Crippen molar-refractivity contribution in [2.45, 2.75) is 12.6 Å². The summed E-state index contributed by atoms with van der Waals surface area (Å²) < 4.78 is 5.18. The summed E-state index contributed by atoms with van der Waals surface area (Å²) >= 11 is 7.19. The van der Waals surface area contributed by atoms with Crippen LogP contribution in [0.2, 0.25) is 5.22 Å². The highest BCUT2D eigenvalue weighted by molar-refractivity contribution is 7.10. The number of nitrogens with one attached hydrogen (secondary N) is 1. The molecule has 0 bridgehead atoms. The van der Waals surface area contributed by atoms with Crippen LogP contribution in [0.4, 0.5) is 0 Å². The van der Waals surface area contributed by atoms with Crippen LogP contribution in [-0.2, 0) is 6.54 Å². The number of aliphatic hydroxyl groups is 1. The summed E-state index contributed by atoms with van der Waals surface area (Å²) in [6, 6.07) is 7.36. The first kappa shape index (κ1) is 11.7. The van der Waals surface area contributed by atoms with Crippen molar-refractivity contribution >= 4 is 22.9 Å². The fourth-order valence-corrected chi connectivity index (χ4v) is 2.23. The number of halogens is 1. The third-order valence-corrected chi connectivity index (χ3v) is 3.31. The van der Waals surface area contributed by atoms with Crippen LogP contribution in [0.15, 0.2) is 34.1 Å². The lowest BCUT2D eigenvalue weighted by Gasteiger charge is -2.08. The Labute approximate surface area is 103 Å². The molecule has 0 aliphatic rings. The Hall–Kier alpha value is -0.810. The topological polar surface area (TPSA) is 45.4 Å². The summed E-state index contributed by atoms with van der Waals surface area (Å²) in [5, 5.41) is 15.2. The first-order chi connectivity index (χ1) is 7.75. The maximum absolute atomic E-state index is 9.78. The third-order valence-electron chi connectivity index (χ3n) is 2.14. The molecule has 0 fully saturated rings. The van der Waals surface area contributed by atoms with E-state index in [-0.39, 0.29) is 0 Å². The van der Waals surface area contributed by atoms with Gasteiger partial charge in [-0.05, 0) is 35.2 Å². The lowest BCUT2D eigenvalue weighted by Crippen LogP contribution is -2.20. The van der Waals surface area contributed by atoms with Crippen LogP contribution in [0.1, 0.15) is 16.7 Å². The van der Waals surface area contributed by atoms with Crippen LogP contribution in [0.5, 0.6) is 0 Å². The van der Waals surface area contributed by atoms with E-state index >= 15 is 0 Å². The average Bonchev–Trinajstić information content (AvgIpc) is 2.89. The van der Waals surface area contributed by atoms with Gasteiger partial charge in [0.05, 0.1) is 6.54 Å². The van der Waals surface area contributed by atoms with Gasteiger partial charge < -0.3 is 14.8 Å². The molecule has 0 aromatic carbocycles. The van der Waals surface area contributed by atoms with Crippen molar-refractivity contribution in [1.29, 1.82) is 0 Å². The molecular weight excluding hydrogens is 246 g/mol. The van der Waals surface area contributed by atoms with Crippen LogP contribution in [0.25, 0.3) is 0 Å². The van der Waals surface area contributed by atoms with Crippen LogP contribution in [0.3, 0.4) is 0 Å². The Morgan fingerprint density at radius 2 is 2.31 bits per heavy atom. The molecule has 1 unspecified atom stereocenters. The average molecular weight is 258 g/mol. The van der Waals surface area contributed by atoms with Crippen molar-refractivity contribution in [1.82, 2.24) is 5.32 Å². The molecule has 5 heteroatoms. The van der Waals surface area contributed by atoms with Gasteiger partial charge in [0, 0.05) is 11.4 Å². The standard InChI is InChI=1S/C11H12ClNO2S/c12-11-4-3-8(15-11)6-13-7-9(14)10-2-1-5-16-10/h1-5,9,13-14H,6-7H2. The quantitative estimate of drug-likeness (QED) is 0.866. The summed E-state index contributed by atoms with van der Waals surface area (Å²) in [4.78, 5) is 0.963. The summed E-state index contributed by atoms with van der Waals surface area (Å²) in [6.45, 7) is 1.06. The molecule has 3 nitrogen and oxygen atoms in total. The molecule has 0 aliphatic heterocycles.